The van der Waals surface area contributed by atoms with Crippen LogP contribution in [0.5, 0.6) is 0 Å². The zero-order valence-electron chi connectivity index (χ0n) is 12.5. The molecule has 21 heavy (non-hydrogen) atoms. The van der Waals surface area contributed by atoms with Crippen LogP contribution in [0.15, 0.2) is 16.9 Å². The molecule has 1 aliphatic heterocycles. The fourth-order valence-corrected chi connectivity index (χ4v) is 3.02. The Kier molecular flexibility index (Phi) is 4.10. The van der Waals surface area contributed by atoms with Gasteiger partial charge in [-0.05, 0) is 30.7 Å². The Labute approximate surface area is 124 Å². The second kappa shape index (κ2) is 6.02. The van der Waals surface area contributed by atoms with Gasteiger partial charge in [-0.3, -0.25) is 9.59 Å². The number of ether oxygens (including phenoxy) is 1. The summed E-state index contributed by atoms with van der Waals surface area (Å²) in [5.41, 5.74) is 2.43. The van der Waals surface area contributed by atoms with Gasteiger partial charge in [-0.2, -0.15) is 0 Å². The van der Waals surface area contributed by atoms with Crippen LogP contribution in [-0.4, -0.2) is 42.2 Å². The molecule has 0 radical (unpaired) electrons. The first-order chi connectivity index (χ1) is 10.2. The Morgan fingerprint density at radius 2 is 2.05 bits per heavy atom. The Balaban J connectivity index is 1.81. The summed E-state index contributed by atoms with van der Waals surface area (Å²) in [5, 5.41) is 0. The van der Waals surface area contributed by atoms with Gasteiger partial charge in [0.2, 0.25) is 5.91 Å². The highest BCUT2D eigenvalue weighted by Gasteiger charge is 2.25. The molecule has 1 saturated carbocycles. The van der Waals surface area contributed by atoms with E-state index in [1.165, 1.54) is 25.5 Å². The molecule has 0 atom stereocenters. The number of aromatic nitrogens is 1. The van der Waals surface area contributed by atoms with Crippen LogP contribution in [0.25, 0.3) is 0 Å². The molecule has 114 valence electrons. The Morgan fingerprint density at radius 1 is 1.29 bits per heavy atom. The van der Waals surface area contributed by atoms with Gasteiger partial charge in [-0.15, -0.1) is 0 Å². The van der Waals surface area contributed by atoms with Crippen LogP contribution in [0.3, 0.4) is 0 Å². The number of nitrogens with zero attached hydrogens (tertiary/aromatic N) is 2. The van der Waals surface area contributed by atoms with Gasteiger partial charge in [0.25, 0.3) is 5.56 Å². The minimum atomic E-state index is 0.0291. The molecule has 1 fully saturated rings. The van der Waals surface area contributed by atoms with Gasteiger partial charge < -0.3 is 14.2 Å². The highest BCUT2D eigenvalue weighted by atomic mass is 16.5. The van der Waals surface area contributed by atoms with E-state index in [9.17, 15) is 9.59 Å². The second-order valence-electron chi connectivity index (χ2n) is 6.01. The summed E-state index contributed by atoms with van der Waals surface area (Å²) in [6.45, 7) is 2.35. The van der Waals surface area contributed by atoms with Gasteiger partial charge in [0.05, 0.1) is 0 Å². The summed E-state index contributed by atoms with van der Waals surface area (Å²) in [4.78, 5) is 26.0. The lowest BCUT2D eigenvalue weighted by Crippen LogP contribution is -2.36. The zero-order chi connectivity index (χ0) is 14.8. The minimum Gasteiger partial charge on any atom is -0.375 e. The zero-order valence-corrected chi connectivity index (χ0v) is 12.5. The molecule has 1 aliphatic carbocycles. The third-order valence-electron chi connectivity index (χ3n) is 4.42. The highest BCUT2D eigenvalue weighted by Crippen LogP contribution is 2.31. The summed E-state index contributed by atoms with van der Waals surface area (Å²) < 4.78 is 6.87. The topological polar surface area (TPSA) is 51.5 Å². The third kappa shape index (κ3) is 3.18. The fraction of sp³-hybridized carbons (Fsp3) is 0.625. The van der Waals surface area contributed by atoms with E-state index in [0.29, 0.717) is 19.0 Å². The van der Waals surface area contributed by atoms with Gasteiger partial charge in [-0.25, -0.2) is 0 Å². The van der Waals surface area contributed by atoms with Crippen LogP contribution in [-0.2, 0) is 28.9 Å². The molecule has 2 heterocycles. The quantitative estimate of drug-likeness (QED) is 0.825. The van der Waals surface area contributed by atoms with Crippen molar-refractivity contribution in [2.75, 3.05) is 26.8 Å². The monoisotopic (exact) mass is 290 g/mol. The van der Waals surface area contributed by atoms with Crippen molar-refractivity contribution < 1.29 is 9.53 Å². The van der Waals surface area contributed by atoms with Crippen molar-refractivity contribution in [1.29, 1.82) is 0 Å². The van der Waals surface area contributed by atoms with Crippen LogP contribution in [0.1, 0.15) is 24.1 Å². The number of pyridine rings is 1. The van der Waals surface area contributed by atoms with Crippen LogP contribution in [0, 0.1) is 5.92 Å². The van der Waals surface area contributed by atoms with Crippen molar-refractivity contribution in [3.63, 3.8) is 0 Å². The first-order valence-electron chi connectivity index (χ1n) is 7.67. The molecule has 5 nitrogen and oxygen atoms in total. The number of carbonyl (C=O) groups excluding carboxylic acids is 1. The molecule has 1 aromatic heterocycles. The minimum absolute atomic E-state index is 0.0291. The first kappa shape index (κ1) is 14.3. The lowest BCUT2D eigenvalue weighted by atomic mass is 10.1. The first-order valence-corrected chi connectivity index (χ1v) is 7.67. The molecule has 2 aliphatic rings. The van der Waals surface area contributed by atoms with Crippen molar-refractivity contribution in [3.8, 4) is 0 Å². The predicted molar refractivity (Wildman–Crippen MR) is 79.3 cm³/mol. The van der Waals surface area contributed by atoms with E-state index in [1.54, 1.807) is 6.07 Å². The molecule has 0 bridgehead atoms. The van der Waals surface area contributed by atoms with E-state index in [4.69, 9.17) is 4.74 Å². The van der Waals surface area contributed by atoms with Crippen LogP contribution in [0.4, 0.5) is 0 Å². The van der Waals surface area contributed by atoms with Gasteiger partial charge in [0, 0.05) is 44.9 Å². The number of hydrogen-bond donors (Lipinski definition) is 0. The summed E-state index contributed by atoms with van der Waals surface area (Å²) in [7, 11) is 1.54. The van der Waals surface area contributed by atoms with E-state index < -0.39 is 0 Å². The second-order valence-corrected chi connectivity index (χ2v) is 6.01. The average molecular weight is 290 g/mol. The van der Waals surface area contributed by atoms with Crippen molar-refractivity contribution in [3.05, 3.63) is 33.7 Å². The Bertz CT molecular complexity index is 590. The molecule has 0 spiro atoms. The van der Waals surface area contributed by atoms with Gasteiger partial charge in [0.1, 0.15) is 6.61 Å². The van der Waals surface area contributed by atoms with E-state index in [1.807, 2.05) is 15.5 Å². The van der Waals surface area contributed by atoms with Gasteiger partial charge >= 0.3 is 0 Å². The number of amides is 1. The standard InChI is InChI=1S/C16H22N2O3/c1-21-11-16(20)17-8-6-13-4-5-15(19)18(10-12-2-3-12)14(13)7-9-17/h4-5,12H,2-3,6-11H2,1H3. The fourth-order valence-electron chi connectivity index (χ4n) is 3.02. The van der Waals surface area contributed by atoms with Crippen LogP contribution >= 0.6 is 0 Å². The van der Waals surface area contributed by atoms with Crippen molar-refractivity contribution in [1.82, 2.24) is 9.47 Å². The summed E-state index contributed by atoms with van der Waals surface area (Å²) in [5.74, 6) is 0.699. The molecular formula is C16H22N2O3. The largest absolute Gasteiger partial charge is 0.375 e. The smallest absolute Gasteiger partial charge is 0.250 e. The molecule has 0 saturated heterocycles. The number of carbonyl (C=O) groups is 1. The molecule has 0 unspecified atom stereocenters. The van der Waals surface area contributed by atoms with E-state index in [0.717, 1.165) is 25.1 Å². The molecule has 0 N–H and O–H groups in total. The molecule has 0 aromatic carbocycles. The number of rotatable bonds is 4. The maximum Gasteiger partial charge on any atom is 0.250 e. The molecular weight excluding hydrogens is 268 g/mol. The lowest BCUT2D eigenvalue weighted by molar-refractivity contribution is -0.135. The third-order valence-corrected chi connectivity index (χ3v) is 4.42. The lowest BCUT2D eigenvalue weighted by Gasteiger charge is -2.19. The Morgan fingerprint density at radius 3 is 2.76 bits per heavy atom. The van der Waals surface area contributed by atoms with Gasteiger partial charge in [-0.1, -0.05) is 6.07 Å². The summed E-state index contributed by atoms with van der Waals surface area (Å²) in [6.07, 6.45) is 4.03. The normalized spacial score (nSPS) is 18.2. The van der Waals surface area contributed by atoms with E-state index in [-0.39, 0.29) is 18.1 Å². The van der Waals surface area contributed by atoms with Gasteiger partial charge in [0.15, 0.2) is 0 Å². The molecule has 1 amide bonds. The summed E-state index contributed by atoms with van der Waals surface area (Å²) >= 11 is 0. The highest BCUT2D eigenvalue weighted by molar-refractivity contribution is 5.77. The summed E-state index contributed by atoms with van der Waals surface area (Å²) in [6, 6.07) is 3.61. The number of methoxy groups -OCH3 is 1. The number of hydrogen-bond acceptors (Lipinski definition) is 3. The molecule has 1 aromatic rings. The SMILES string of the molecule is COCC(=O)N1CCc2ccc(=O)n(CC3CC3)c2CC1. The van der Waals surface area contributed by atoms with Crippen molar-refractivity contribution in [2.24, 2.45) is 5.92 Å². The molecule has 5 heteroatoms. The molecule has 3 rings (SSSR count). The maximum atomic E-state index is 12.1. The predicted octanol–water partition coefficient (Wildman–Crippen LogP) is 0.832. The van der Waals surface area contributed by atoms with Crippen molar-refractivity contribution >= 4 is 5.91 Å². The van der Waals surface area contributed by atoms with Crippen molar-refractivity contribution in [2.45, 2.75) is 32.2 Å². The number of fused-ring (bicyclic) bond motifs is 1. The van der Waals surface area contributed by atoms with Crippen LogP contribution < -0.4 is 5.56 Å². The van der Waals surface area contributed by atoms with E-state index in [2.05, 4.69) is 0 Å². The Hall–Kier alpha value is -1.62. The van der Waals surface area contributed by atoms with E-state index >= 15 is 0 Å². The maximum absolute atomic E-state index is 12.1. The average Bonchev–Trinajstić information content (AvgIpc) is 3.28. The van der Waals surface area contributed by atoms with Crippen LogP contribution in [0.2, 0.25) is 0 Å².